The normalized spacial score (nSPS) is 14.0. The van der Waals surface area contributed by atoms with Crippen LogP contribution in [0.15, 0.2) is 18.2 Å². The molecule has 3 heteroatoms. The Kier molecular flexibility index (Phi) is 8.79. The van der Waals surface area contributed by atoms with Crippen LogP contribution in [-0.4, -0.2) is 12.6 Å². The van der Waals surface area contributed by atoms with Crippen LogP contribution in [0.25, 0.3) is 0 Å². The maximum atomic E-state index is 6.32. The molecule has 0 saturated heterocycles. The molecule has 0 bridgehead atoms. The van der Waals surface area contributed by atoms with Gasteiger partial charge in [-0.25, -0.2) is 0 Å². The fourth-order valence-electron chi connectivity index (χ4n) is 2.34. The van der Waals surface area contributed by atoms with Gasteiger partial charge in [0, 0.05) is 6.04 Å². The number of rotatable bonds is 10. The Morgan fingerprint density at radius 2 is 1.95 bits per heavy atom. The van der Waals surface area contributed by atoms with Crippen LogP contribution < -0.4 is 10.5 Å². The fraction of sp³-hybridized carbons (Fsp3) is 0.667. The fourth-order valence-corrected chi connectivity index (χ4v) is 2.60. The van der Waals surface area contributed by atoms with Gasteiger partial charge in [-0.2, -0.15) is 0 Å². The van der Waals surface area contributed by atoms with E-state index in [2.05, 4.69) is 26.8 Å². The molecule has 0 heterocycles. The van der Waals surface area contributed by atoms with Gasteiger partial charge in [0.15, 0.2) is 0 Å². The van der Waals surface area contributed by atoms with E-state index in [1.807, 2.05) is 12.1 Å². The zero-order chi connectivity index (χ0) is 15.7. The van der Waals surface area contributed by atoms with Crippen LogP contribution in [0.5, 0.6) is 5.75 Å². The molecule has 0 aromatic heterocycles. The molecule has 120 valence electrons. The highest BCUT2D eigenvalue weighted by molar-refractivity contribution is 6.32. The lowest BCUT2D eigenvalue weighted by Crippen LogP contribution is -2.21. The number of unbranched alkanes of at least 4 members (excludes halogenated alkanes) is 1. The monoisotopic (exact) mass is 311 g/mol. The number of hydrogen-bond donors (Lipinski definition) is 1. The largest absolute Gasteiger partial charge is 0.492 e. The van der Waals surface area contributed by atoms with E-state index in [-0.39, 0.29) is 6.04 Å². The van der Waals surface area contributed by atoms with Crippen molar-refractivity contribution in [3.05, 3.63) is 28.8 Å². The highest BCUT2D eigenvalue weighted by Gasteiger charge is 2.10. The first-order chi connectivity index (χ1) is 10.1. The second kappa shape index (κ2) is 10.1. The molecule has 0 radical (unpaired) electrons. The molecule has 0 amide bonds. The summed E-state index contributed by atoms with van der Waals surface area (Å²) in [7, 11) is 0. The minimum Gasteiger partial charge on any atom is -0.492 e. The molecule has 0 aliphatic rings. The van der Waals surface area contributed by atoms with Gasteiger partial charge >= 0.3 is 0 Å². The second-order valence-electron chi connectivity index (χ2n) is 5.86. The van der Waals surface area contributed by atoms with Crippen molar-refractivity contribution in [1.29, 1.82) is 0 Å². The summed E-state index contributed by atoms with van der Waals surface area (Å²) in [6, 6.07) is 6.24. The van der Waals surface area contributed by atoms with E-state index in [0.29, 0.717) is 10.9 Å². The molecule has 0 aliphatic heterocycles. The van der Waals surface area contributed by atoms with Crippen molar-refractivity contribution in [2.75, 3.05) is 6.61 Å². The zero-order valence-corrected chi connectivity index (χ0v) is 14.5. The van der Waals surface area contributed by atoms with Crippen LogP contribution in [0.1, 0.15) is 58.4 Å². The lowest BCUT2D eigenvalue weighted by molar-refractivity contribution is 0.233. The molecule has 0 saturated carbocycles. The topological polar surface area (TPSA) is 35.2 Å². The molecule has 2 N–H and O–H groups in total. The maximum Gasteiger partial charge on any atom is 0.137 e. The third kappa shape index (κ3) is 6.71. The summed E-state index contributed by atoms with van der Waals surface area (Å²) in [4.78, 5) is 0. The molecule has 2 atom stereocenters. The van der Waals surface area contributed by atoms with Crippen LogP contribution >= 0.6 is 11.6 Å². The third-order valence-electron chi connectivity index (χ3n) is 4.04. The van der Waals surface area contributed by atoms with Gasteiger partial charge in [0.25, 0.3) is 0 Å². The average Bonchev–Trinajstić information content (AvgIpc) is 2.49. The van der Waals surface area contributed by atoms with Gasteiger partial charge in [0.2, 0.25) is 0 Å². The molecule has 0 fully saturated rings. The summed E-state index contributed by atoms with van der Waals surface area (Å²) >= 11 is 6.32. The first-order valence-corrected chi connectivity index (χ1v) is 8.65. The highest BCUT2D eigenvalue weighted by atomic mass is 35.5. The van der Waals surface area contributed by atoms with Gasteiger partial charge in [-0.3, -0.25) is 0 Å². The number of hydrogen-bond acceptors (Lipinski definition) is 2. The van der Waals surface area contributed by atoms with Crippen LogP contribution in [0.4, 0.5) is 0 Å². The summed E-state index contributed by atoms with van der Waals surface area (Å²) in [6.07, 6.45) is 6.73. The Balaban J connectivity index is 2.55. The van der Waals surface area contributed by atoms with Crippen molar-refractivity contribution in [1.82, 2.24) is 0 Å². The smallest absolute Gasteiger partial charge is 0.137 e. The zero-order valence-electron chi connectivity index (χ0n) is 13.7. The van der Waals surface area contributed by atoms with Gasteiger partial charge in [-0.1, -0.05) is 57.7 Å². The Labute approximate surface area is 135 Å². The lowest BCUT2D eigenvalue weighted by Gasteiger charge is -2.17. The molecular formula is C18H30ClNO. The number of halogens is 1. The average molecular weight is 312 g/mol. The lowest BCUT2D eigenvalue weighted by atomic mass is 10.0. The highest BCUT2D eigenvalue weighted by Crippen LogP contribution is 2.27. The van der Waals surface area contributed by atoms with Gasteiger partial charge < -0.3 is 10.5 Å². The summed E-state index contributed by atoms with van der Waals surface area (Å²) in [5, 5.41) is 0.696. The molecule has 1 aromatic carbocycles. The Morgan fingerprint density at radius 1 is 1.19 bits per heavy atom. The third-order valence-corrected chi connectivity index (χ3v) is 4.33. The van der Waals surface area contributed by atoms with Gasteiger partial charge in [-0.15, -0.1) is 0 Å². The van der Waals surface area contributed by atoms with E-state index in [1.165, 1.54) is 24.8 Å². The van der Waals surface area contributed by atoms with E-state index in [4.69, 9.17) is 22.1 Å². The maximum absolute atomic E-state index is 6.32. The predicted molar refractivity (Wildman–Crippen MR) is 92.2 cm³/mol. The van der Waals surface area contributed by atoms with Gasteiger partial charge in [-0.05, 0) is 42.9 Å². The first-order valence-electron chi connectivity index (χ1n) is 8.27. The van der Waals surface area contributed by atoms with Crippen LogP contribution in [0, 0.1) is 5.92 Å². The number of nitrogens with two attached hydrogens (primary N) is 1. The Hall–Kier alpha value is -0.730. The SMILES string of the molecule is CCCCC(CC)COc1ccc(CC(N)CC)cc1Cl. The van der Waals surface area contributed by atoms with Gasteiger partial charge in [0.1, 0.15) is 5.75 Å². The predicted octanol–water partition coefficient (Wildman–Crippen LogP) is 5.22. The van der Waals surface area contributed by atoms with Crippen molar-refractivity contribution < 1.29 is 4.74 Å². The quantitative estimate of drug-likeness (QED) is 0.643. The van der Waals surface area contributed by atoms with Crippen molar-refractivity contribution in [2.24, 2.45) is 11.7 Å². The molecule has 2 nitrogen and oxygen atoms in total. The van der Waals surface area contributed by atoms with Crippen LogP contribution in [0.3, 0.4) is 0 Å². The van der Waals surface area contributed by atoms with Crippen LogP contribution in [-0.2, 0) is 6.42 Å². The van der Waals surface area contributed by atoms with Crippen molar-refractivity contribution in [3.63, 3.8) is 0 Å². The minimum atomic E-state index is 0.200. The summed E-state index contributed by atoms with van der Waals surface area (Å²) in [5.41, 5.74) is 7.16. The van der Waals surface area contributed by atoms with E-state index in [0.717, 1.165) is 31.6 Å². The van der Waals surface area contributed by atoms with Crippen LogP contribution in [0.2, 0.25) is 5.02 Å². The van der Waals surface area contributed by atoms with E-state index < -0.39 is 0 Å². The first kappa shape index (κ1) is 18.3. The van der Waals surface area contributed by atoms with E-state index in [1.54, 1.807) is 0 Å². The molecule has 2 unspecified atom stereocenters. The standard InChI is InChI=1S/C18H30ClNO/c1-4-7-8-14(5-2)13-21-18-10-9-15(12-17(18)19)11-16(20)6-3/h9-10,12,14,16H,4-8,11,13,20H2,1-3H3. The summed E-state index contributed by atoms with van der Waals surface area (Å²) in [5.74, 6) is 1.41. The molecule has 21 heavy (non-hydrogen) atoms. The van der Waals surface area contributed by atoms with Crippen molar-refractivity contribution in [3.8, 4) is 5.75 Å². The molecule has 0 spiro atoms. The number of ether oxygens (including phenoxy) is 1. The summed E-state index contributed by atoms with van der Waals surface area (Å²) < 4.78 is 5.91. The molecule has 1 aromatic rings. The summed E-state index contributed by atoms with van der Waals surface area (Å²) in [6.45, 7) is 7.31. The number of benzene rings is 1. The van der Waals surface area contributed by atoms with Crippen molar-refractivity contribution in [2.45, 2.75) is 65.3 Å². The molecular weight excluding hydrogens is 282 g/mol. The molecule has 0 aliphatic carbocycles. The van der Waals surface area contributed by atoms with E-state index >= 15 is 0 Å². The van der Waals surface area contributed by atoms with E-state index in [9.17, 15) is 0 Å². The minimum absolute atomic E-state index is 0.200. The molecule has 1 rings (SSSR count). The Morgan fingerprint density at radius 3 is 2.52 bits per heavy atom. The Bertz CT molecular complexity index is 408. The second-order valence-corrected chi connectivity index (χ2v) is 6.27. The van der Waals surface area contributed by atoms with Crippen molar-refractivity contribution >= 4 is 11.6 Å². The van der Waals surface area contributed by atoms with Gasteiger partial charge in [0.05, 0.1) is 11.6 Å².